The molecule has 1 aromatic heterocycles. The molecule has 1 N–H and O–H groups in total. The lowest BCUT2D eigenvalue weighted by Gasteiger charge is -2.18. The van der Waals surface area contributed by atoms with Crippen LogP contribution < -0.4 is 10.2 Å². The normalized spacial score (nSPS) is 10.4. The topological polar surface area (TPSA) is 84.2 Å². The summed E-state index contributed by atoms with van der Waals surface area (Å²) in [7, 11) is 1.81. The molecule has 0 saturated carbocycles. The summed E-state index contributed by atoms with van der Waals surface area (Å²) < 4.78 is 0. The molecular formula is C12H21N5O2S. The van der Waals surface area contributed by atoms with E-state index in [1.54, 1.807) is 23.6 Å². The average molecular weight is 299 g/mol. The zero-order valence-electron chi connectivity index (χ0n) is 12.3. The van der Waals surface area contributed by atoms with Gasteiger partial charge < -0.3 is 10.2 Å². The van der Waals surface area contributed by atoms with E-state index in [9.17, 15) is 10.1 Å². The van der Waals surface area contributed by atoms with Crippen LogP contribution in [0, 0.1) is 17.0 Å². The second-order valence-corrected chi connectivity index (χ2v) is 5.39. The molecule has 8 heteroatoms. The summed E-state index contributed by atoms with van der Waals surface area (Å²) >= 11 is 1.69. The van der Waals surface area contributed by atoms with E-state index in [1.807, 2.05) is 20.2 Å². The molecule has 0 atom stereocenters. The van der Waals surface area contributed by atoms with Crippen LogP contribution in [0.1, 0.15) is 19.0 Å². The molecule has 0 aromatic carbocycles. The van der Waals surface area contributed by atoms with Crippen molar-refractivity contribution in [2.24, 2.45) is 0 Å². The molecule has 1 rings (SSSR count). The highest BCUT2D eigenvalue weighted by molar-refractivity contribution is 7.98. The molecule has 0 aliphatic heterocycles. The van der Waals surface area contributed by atoms with Crippen LogP contribution in [-0.2, 0) is 0 Å². The van der Waals surface area contributed by atoms with E-state index in [1.165, 1.54) is 0 Å². The van der Waals surface area contributed by atoms with Gasteiger partial charge in [0.15, 0.2) is 0 Å². The van der Waals surface area contributed by atoms with Gasteiger partial charge in [0, 0.05) is 25.9 Å². The standard InChI is InChI=1S/C12H21N5O2S/c1-5-6-13-12-14-9(2)10(17(18)19)11(15-12)16(3)7-8-20-4/h5-8H2,1-4H3,(H,13,14,15). The van der Waals surface area contributed by atoms with Gasteiger partial charge >= 0.3 is 5.69 Å². The van der Waals surface area contributed by atoms with Crippen LogP contribution in [0.25, 0.3) is 0 Å². The fraction of sp³-hybridized carbons (Fsp3) is 0.667. The quantitative estimate of drug-likeness (QED) is 0.582. The van der Waals surface area contributed by atoms with Crippen molar-refractivity contribution in [1.82, 2.24) is 9.97 Å². The third kappa shape index (κ3) is 4.22. The fourth-order valence-electron chi connectivity index (χ4n) is 1.68. The lowest BCUT2D eigenvalue weighted by atomic mass is 10.3. The lowest BCUT2D eigenvalue weighted by Crippen LogP contribution is -2.24. The maximum absolute atomic E-state index is 11.2. The molecule has 0 fully saturated rings. The third-order valence-corrected chi connectivity index (χ3v) is 3.34. The molecule has 0 aliphatic carbocycles. The number of aromatic nitrogens is 2. The smallest absolute Gasteiger partial charge is 0.332 e. The number of anilines is 2. The highest BCUT2D eigenvalue weighted by Gasteiger charge is 2.24. The molecule has 112 valence electrons. The Kier molecular flexibility index (Phi) is 6.50. The van der Waals surface area contributed by atoms with Crippen molar-refractivity contribution in [2.45, 2.75) is 20.3 Å². The summed E-state index contributed by atoms with van der Waals surface area (Å²) in [4.78, 5) is 21.1. The van der Waals surface area contributed by atoms with Gasteiger partial charge in [-0.2, -0.15) is 16.7 Å². The number of hydrogen-bond acceptors (Lipinski definition) is 7. The highest BCUT2D eigenvalue weighted by Crippen LogP contribution is 2.29. The van der Waals surface area contributed by atoms with E-state index in [4.69, 9.17) is 0 Å². The number of hydrogen-bond donors (Lipinski definition) is 1. The Bertz CT molecular complexity index is 469. The molecule has 0 unspecified atom stereocenters. The van der Waals surface area contributed by atoms with Gasteiger partial charge in [-0.3, -0.25) is 10.1 Å². The Morgan fingerprint density at radius 1 is 1.45 bits per heavy atom. The first kappa shape index (κ1) is 16.5. The van der Waals surface area contributed by atoms with Crippen LogP contribution in [0.15, 0.2) is 0 Å². The number of nitrogens with zero attached hydrogens (tertiary/aromatic N) is 4. The first-order valence-electron chi connectivity index (χ1n) is 6.48. The summed E-state index contributed by atoms with van der Waals surface area (Å²) in [5, 5.41) is 14.3. The van der Waals surface area contributed by atoms with Gasteiger partial charge in [0.05, 0.1) is 4.92 Å². The van der Waals surface area contributed by atoms with E-state index in [0.29, 0.717) is 24.0 Å². The Labute approximate surface area is 123 Å². The Morgan fingerprint density at radius 3 is 2.70 bits per heavy atom. The van der Waals surface area contributed by atoms with Crippen molar-refractivity contribution in [3.05, 3.63) is 15.8 Å². The van der Waals surface area contributed by atoms with Gasteiger partial charge in [-0.15, -0.1) is 0 Å². The van der Waals surface area contributed by atoms with Gasteiger partial charge in [-0.25, -0.2) is 4.98 Å². The Morgan fingerprint density at radius 2 is 2.15 bits per heavy atom. The zero-order valence-corrected chi connectivity index (χ0v) is 13.2. The van der Waals surface area contributed by atoms with Crippen molar-refractivity contribution in [3.63, 3.8) is 0 Å². The molecule has 7 nitrogen and oxygen atoms in total. The summed E-state index contributed by atoms with van der Waals surface area (Å²) in [6.07, 6.45) is 2.94. The van der Waals surface area contributed by atoms with E-state index < -0.39 is 4.92 Å². The molecule has 0 spiro atoms. The summed E-state index contributed by atoms with van der Waals surface area (Å²) in [6.45, 7) is 5.12. The largest absolute Gasteiger partial charge is 0.354 e. The van der Waals surface area contributed by atoms with Crippen LogP contribution in [0.2, 0.25) is 0 Å². The predicted molar refractivity (Wildman–Crippen MR) is 83.9 cm³/mol. The Balaban J connectivity index is 3.14. The van der Waals surface area contributed by atoms with Gasteiger partial charge in [-0.1, -0.05) is 6.92 Å². The second-order valence-electron chi connectivity index (χ2n) is 4.40. The minimum atomic E-state index is -0.413. The summed E-state index contributed by atoms with van der Waals surface area (Å²) in [5.74, 6) is 1.70. The first-order valence-corrected chi connectivity index (χ1v) is 7.87. The number of thioether (sulfide) groups is 1. The molecule has 20 heavy (non-hydrogen) atoms. The van der Waals surface area contributed by atoms with Gasteiger partial charge in [0.2, 0.25) is 11.8 Å². The van der Waals surface area contributed by atoms with Gasteiger partial charge in [0.1, 0.15) is 5.69 Å². The van der Waals surface area contributed by atoms with Crippen molar-refractivity contribution in [1.29, 1.82) is 0 Å². The first-order chi connectivity index (χ1) is 9.51. The molecular weight excluding hydrogens is 278 g/mol. The van der Waals surface area contributed by atoms with Gasteiger partial charge in [0.25, 0.3) is 0 Å². The van der Waals surface area contributed by atoms with Crippen LogP contribution in [-0.4, -0.2) is 47.0 Å². The van der Waals surface area contributed by atoms with E-state index in [-0.39, 0.29) is 5.69 Å². The maximum atomic E-state index is 11.2. The van der Waals surface area contributed by atoms with Crippen LogP contribution in [0.4, 0.5) is 17.5 Å². The lowest BCUT2D eigenvalue weighted by molar-refractivity contribution is -0.385. The number of aryl methyl sites for hydroxylation is 1. The van der Waals surface area contributed by atoms with Crippen LogP contribution >= 0.6 is 11.8 Å². The number of nitro groups is 1. The average Bonchev–Trinajstić information content (AvgIpc) is 2.41. The monoisotopic (exact) mass is 299 g/mol. The molecule has 1 heterocycles. The molecule has 0 bridgehead atoms. The van der Waals surface area contributed by atoms with Crippen molar-refractivity contribution >= 4 is 29.2 Å². The maximum Gasteiger partial charge on any atom is 0.332 e. The molecule has 0 aliphatic rings. The number of rotatable bonds is 8. The van der Waals surface area contributed by atoms with E-state index in [0.717, 1.165) is 18.7 Å². The Hall–Kier alpha value is -1.57. The highest BCUT2D eigenvalue weighted by atomic mass is 32.2. The summed E-state index contributed by atoms with van der Waals surface area (Å²) in [5.41, 5.74) is 0.366. The second kappa shape index (κ2) is 7.88. The van der Waals surface area contributed by atoms with Crippen molar-refractivity contribution < 1.29 is 4.92 Å². The summed E-state index contributed by atoms with van der Waals surface area (Å²) in [6, 6.07) is 0. The molecule has 1 aromatic rings. The van der Waals surface area contributed by atoms with Crippen LogP contribution in [0.3, 0.4) is 0 Å². The van der Waals surface area contributed by atoms with Crippen molar-refractivity contribution in [2.75, 3.05) is 42.4 Å². The van der Waals surface area contributed by atoms with Crippen LogP contribution in [0.5, 0.6) is 0 Å². The number of nitrogens with one attached hydrogen (secondary N) is 1. The minimum absolute atomic E-state index is 0.0179. The molecule has 0 radical (unpaired) electrons. The SMILES string of the molecule is CCCNc1nc(C)c([N+](=O)[O-])c(N(C)CCSC)n1. The fourth-order valence-corrected chi connectivity index (χ4v) is 2.14. The third-order valence-electron chi connectivity index (χ3n) is 2.75. The van der Waals surface area contributed by atoms with Crippen molar-refractivity contribution in [3.8, 4) is 0 Å². The minimum Gasteiger partial charge on any atom is -0.354 e. The predicted octanol–water partition coefficient (Wildman–Crippen LogP) is 2.31. The van der Waals surface area contributed by atoms with E-state index in [2.05, 4.69) is 15.3 Å². The molecule has 0 amide bonds. The molecule has 0 saturated heterocycles. The van der Waals surface area contributed by atoms with E-state index >= 15 is 0 Å². The van der Waals surface area contributed by atoms with Gasteiger partial charge in [-0.05, 0) is 19.6 Å². The zero-order chi connectivity index (χ0) is 15.1.